The monoisotopic (exact) mass is 295 g/mol. The van der Waals surface area contributed by atoms with E-state index in [2.05, 4.69) is 5.32 Å². The van der Waals surface area contributed by atoms with Gasteiger partial charge in [0.25, 0.3) is 0 Å². The lowest BCUT2D eigenvalue weighted by atomic mass is 10.2. The van der Waals surface area contributed by atoms with Crippen LogP contribution in [0.25, 0.3) is 0 Å². The van der Waals surface area contributed by atoms with E-state index < -0.39 is 11.8 Å². The fourth-order valence-corrected chi connectivity index (χ4v) is 2.03. The van der Waals surface area contributed by atoms with E-state index >= 15 is 0 Å². The first-order chi connectivity index (χ1) is 9.52. The van der Waals surface area contributed by atoms with Gasteiger partial charge in [-0.3, -0.25) is 4.79 Å². The third kappa shape index (κ3) is 2.93. The highest BCUT2D eigenvalue weighted by molar-refractivity contribution is 6.30. The number of ketones is 1. The number of hydrogen-bond acceptors (Lipinski definition) is 5. The van der Waals surface area contributed by atoms with Crippen molar-refractivity contribution in [2.75, 3.05) is 18.5 Å². The molecule has 0 spiro atoms. The Morgan fingerprint density at radius 2 is 2.25 bits per heavy atom. The van der Waals surface area contributed by atoms with Crippen LogP contribution in [0, 0.1) is 6.92 Å². The van der Waals surface area contributed by atoms with E-state index in [4.69, 9.17) is 21.1 Å². The molecule has 0 radical (unpaired) electrons. The van der Waals surface area contributed by atoms with Crippen molar-refractivity contribution in [1.29, 1.82) is 0 Å². The molecule has 6 heteroatoms. The van der Waals surface area contributed by atoms with Gasteiger partial charge >= 0.3 is 5.97 Å². The van der Waals surface area contributed by atoms with E-state index in [1.165, 1.54) is 0 Å². The van der Waals surface area contributed by atoms with Crippen molar-refractivity contribution in [2.24, 2.45) is 0 Å². The van der Waals surface area contributed by atoms with Gasteiger partial charge in [-0.05, 0) is 37.6 Å². The normalized spacial score (nSPS) is 14.2. The summed E-state index contributed by atoms with van der Waals surface area (Å²) in [6, 6.07) is 5.23. The van der Waals surface area contributed by atoms with Crippen LogP contribution in [-0.4, -0.2) is 25.0 Å². The number of ether oxygens (including phenoxy) is 2. The molecule has 2 rings (SSSR count). The lowest BCUT2D eigenvalue weighted by Crippen LogP contribution is -2.16. The number of hydrogen-bond donors (Lipinski definition) is 1. The van der Waals surface area contributed by atoms with Crippen LogP contribution in [0.2, 0.25) is 5.02 Å². The molecule has 1 aromatic rings. The van der Waals surface area contributed by atoms with Gasteiger partial charge < -0.3 is 14.8 Å². The first kappa shape index (κ1) is 14.4. The van der Waals surface area contributed by atoms with Crippen LogP contribution in [0.5, 0.6) is 0 Å². The predicted octanol–water partition coefficient (Wildman–Crippen LogP) is 2.43. The maximum atomic E-state index is 11.8. The minimum Gasteiger partial charge on any atom is -0.470 e. The molecule has 0 unspecified atom stereocenters. The van der Waals surface area contributed by atoms with E-state index in [0.29, 0.717) is 10.7 Å². The predicted molar refractivity (Wildman–Crippen MR) is 74.4 cm³/mol. The van der Waals surface area contributed by atoms with Gasteiger partial charge in [-0.25, -0.2) is 4.79 Å². The molecule has 0 amide bonds. The topological polar surface area (TPSA) is 64.6 Å². The van der Waals surface area contributed by atoms with Crippen molar-refractivity contribution >= 4 is 29.0 Å². The number of carbonyl (C=O) groups is 2. The molecule has 0 bridgehead atoms. The number of carbonyl (C=O) groups excluding carboxylic acids is 2. The Morgan fingerprint density at radius 1 is 1.50 bits per heavy atom. The summed E-state index contributed by atoms with van der Waals surface area (Å²) in [6.45, 7) is 3.57. The summed E-state index contributed by atoms with van der Waals surface area (Å²) < 4.78 is 10.1. The quantitative estimate of drug-likeness (QED) is 0.683. The number of benzene rings is 1. The Hall–Kier alpha value is -2.01. The lowest BCUT2D eigenvalue weighted by molar-refractivity contribution is -0.139. The zero-order valence-corrected chi connectivity index (χ0v) is 11.9. The van der Waals surface area contributed by atoms with Crippen LogP contribution in [0.1, 0.15) is 12.5 Å². The largest absolute Gasteiger partial charge is 0.470 e. The zero-order chi connectivity index (χ0) is 14.7. The fourth-order valence-electron chi connectivity index (χ4n) is 1.81. The minimum absolute atomic E-state index is 0.0822. The number of halogens is 1. The highest BCUT2D eigenvalue weighted by Crippen LogP contribution is 2.25. The molecule has 20 heavy (non-hydrogen) atoms. The number of esters is 1. The molecule has 1 heterocycles. The van der Waals surface area contributed by atoms with Crippen LogP contribution in [-0.2, 0) is 19.1 Å². The third-order valence-corrected chi connectivity index (χ3v) is 3.00. The van der Waals surface area contributed by atoms with Crippen molar-refractivity contribution < 1.29 is 19.1 Å². The lowest BCUT2D eigenvalue weighted by Gasteiger charge is -2.11. The number of rotatable bonds is 4. The number of nitrogens with one attached hydrogen (secondary N) is 1. The second-order valence-electron chi connectivity index (χ2n) is 4.22. The van der Waals surface area contributed by atoms with Crippen LogP contribution in [0.4, 0.5) is 5.69 Å². The van der Waals surface area contributed by atoms with Crippen LogP contribution >= 0.6 is 11.6 Å². The van der Waals surface area contributed by atoms with Crippen molar-refractivity contribution in [1.82, 2.24) is 0 Å². The van der Waals surface area contributed by atoms with Crippen LogP contribution < -0.4 is 5.32 Å². The Balaban J connectivity index is 2.29. The molecule has 0 saturated heterocycles. The molecular weight excluding hydrogens is 282 g/mol. The molecule has 5 nitrogen and oxygen atoms in total. The molecule has 0 aromatic heterocycles. The van der Waals surface area contributed by atoms with Gasteiger partial charge in [0.2, 0.25) is 11.7 Å². The number of Topliss-reactive ketones (excluding diaryl/α,β-unsaturated/α-hetero) is 1. The molecule has 1 aliphatic heterocycles. The average molecular weight is 296 g/mol. The van der Waals surface area contributed by atoms with Crippen molar-refractivity contribution in [2.45, 2.75) is 13.8 Å². The smallest absolute Gasteiger partial charge is 0.347 e. The zero-order valence-electron chi connectivity index (χ0n) is 11.2. The van der Waals surface area contributed by atoms with Crippen molar-refractivity contribution in [3.8, 4) is 0 Å². The van der Waals surface area contributed by atoms with E-state index in [-0.39, 0.29) is 24.7 Å². The van der Waals surface area contributed by atoms with Crippen molar-refractivity contribution in [3.05, 3.63) is 40.2 Å². The average Bonchev–Trinajstić information content (AvgIpc) is 2.74. The highest BCUT2D eigenvalue weighted by atomic mass is 35.5. The van der Waals surface area contributed by atoms with Gasteiger partial charge in [-0.2, -0.15) is 0 Å². The molecule has 1 aromatic carbocycles. The van der Waals surface area contributed by atoms with E-state index in [9.17, 15) is 9.59 Å². The van der Waals surface area contributed by atoms with Crippen LogP contribution in [0.15, 0.2) is 29.7 Å². The summed E-state index contributed by atoms with van der Waals surface area (Å²) in [5.41, 5.74) is 1.50. The van der Waals surface area contributed by atoms with Gasteiger partial charge in [0, 0.05) is 10.7 Å². The maximum absolute atomic E-state index is 11.8. The summed E-state index contributed by atoms with van der Waals surface area (Å²) >= 11 is 5.88. The summed E-state index contributed by atoms with van der Waals surface area (Å²) in [5.74, 6) is -0.944. The second-order valence-corrected chi connectivity index (χ2v) is 4.66. The minimum atomic E-state index is -0.677. The second kappa shape index (κ2) is 5.96. The Bertz CT molecular complexity index is 595. The Morgan fingerprint density at radius 3 is 2.90 bits per heavy atom. The molecule has 0 saturated carbocycles. The summed E-state index contributed by atoms with van der Waals surface area (Å²) in [5, 5.41) is 3.54. The van der Waals surface area contributed by atoms with Gasteiger partial charge in [0.15, 0.2) is 12.2 Å². The van der Waals surface area contributed by atoms with Crippen LogP contribution in [0.3, 0.4) is 0 Å². The van der Waals surface area contributed by atoms with Gasteiger partial charge in [-0.1, -0.05) is 11.6 Å². The summed E-state index contributed by atoms with van der Waals surface area (Å²) in [4.78, 5) is 23.4. The van der Waals surface area contributed by atoms with E-state index in [1.54, 1.807) is 25.1 Å². The molecule has 0 fully saturated rings. The summed E-state index contributed by atoms with van der Waals surface area (Å²) in [7, 11) is 0. The number of anilines is 1. The highest BCUT2D eigenvalue weighted by Gasteiger charge is 2.32. The Kier molecular flexibility index (Phi) is 4.29. The first-order valence-electron chi connectivity index (χ1n) is 6.13. The first-order valence-corrected chi connectivity index (χ1v) is 6.51. The molecule has 1 N–H and O–H groups in total. The van der Waals surface area contributed by atoms with Gasteiger partial charge in [0.1, 0.15) is 0 Å². The van der Waals surface area contributed by atoms with Gasteiger partial charge in [-0.15, -0.1) is 0 Å². The SMILES string of the molecule is CCOC(=O)C1=C(Nc2ccc(Cl)cc2C)OCC1=O. The third-order valence-electron chi connectivity index (χ3n) is 2.77. The number of aryl methyl sites for hydroxylation is 1. The Labute approximate surface area is 121 Å². The standard InChI is InChI=1S/C14H14ClNO4/c1-3-19-14(18)12-11(17)7-20-13(12)16-10-5-4-9(15)6-8(10)2/h4-6,16H,3,7H2,1-2H3. The fraction of sp³-hybridized carbons (Fsp3) is 0.286. The molecule has 1 aliphatic rings. The summed E-state index contributed by atoms with van der Waals surface area (Å²) in [6.07, 6.45) is 0. The molecule has 106 valence electrons. The molecular formula is C14H14ClNO4. The van der Waals surface area contributed by atoms with Gasteiger partial charge in [0.05, 0.1) is 6.61 Å². The molecule has 0 aliphatic carbocycles. The van der Waals surface area contributed by atoms with E-state index in [0.717, 1.165) is 5.56 Å². The van der Waals surface area contributed by atoms with Crippen molar-refractivity contribution in [3.63, 3.8) is 0 Å². The maximum Gasteiger partial charge on any atom is 0.347 e. The molecule has 0 atom stereocenters. The van der Waals surface area contributed by atoms with E-state index in [1.807, 2.05) is 6.92 Å².